The number of hydrogen-bond acceptors (Lipinski definition) is 2. The fourth-order valence-corrected chi connectivity index (χ4v) is 3.36. The molecular weight excluding hydrogens is 276 g/mol. The molecule has 0 bridgehead atoms. The highest BCUT2D eigenvalue weighted by Gasteiger charge is 2.09. The van der Waals surface area contributed by atoms with Gasteiger partial charge in [-0.2, -0.15) is 0 Å². The summed E-state index contributed by atoms with van der Waals surface area (Å²) in [4.78, 5) is 1.45. The van der Waals surface area contributed by atoms with Crippen molar-refractivity contribution < 1.29 is 0 Å². The van der Waals surface area contributed by atoms with Crippen LogP contribution in [-0.4, -0.2) is 10.6 Å². The van der Waals surface area contributed by atoms with Crippen LogP contribution in [0.2, 0.25) is 0 Å². The molecular formula is C18H22N2S. The number of benzene rings is 1. The van der Waals surface area contributed by atoms with E-state index >= 15 is 0 Å². The van der Waals surface area contributed by atoms with Gasteiger partial charge in [-0.15, -0.1) is 11.3 Å². The molecule has 0 fully saturated rings. The SMILES string of the molecule is CC(C)NCc1cc2ccccc2n1CCc1cccs1. The molecule has 1 aromatic carbocycles. The van der Waals surface area contributed by atoms with Gasteiger partial charge in [-0.1, -0.05) is 38.1 Å². The Morgan fingerprint density at radius 2 is 2.00 bits per heavy atom. The van der Waals surface area contributed by atoms with E-state index in [9.17, 15) is 0 Å². The van der Waals surface area contributed by atoms with Gasteiger partial charge in [-0.25, -0.2) is 0 Å². The molecule has 0 unspecified atom stereocenters. The Balaban J connectivity index is 1.87. The number of nitrogens with zero attached hydrogens (tertiary/aromatic N) is 1. The van der Waals surface area contributed by atoms with E-state index in [4.69, 9.17) is 0 Å². The third-order valence-electron chi connectivity index (χ3n) is 3.75. The zero-order chi connectivity index (χ0) is 14.7. The molecule has 0 atom stereocenters. The van der Waals surface area contributed by atoms with Gasteiger partial charge in [-0.3, -0.25) is 0 Å². The number of aromatic nitrogens is 1. The number of nitrogens with one attached hydrogen (secondary N) is 1. The minimum absolute atomic E-state index is 0.508. The molecule has 21 heavy (non-hydrogen) atoms. The molecule has 0 spiro atoms. The lowest BCUT2D eigenvalue weighted by molar-refractivity contribution is 0.559. The molecule has 3 aromatic rings. The molecule has 0 saturated carbocycles. The minimum Gasteiger partial charge on any atom is -0.343 e. The van der Waals surface area contributed by atoms with Crippen molar-refractivity contribution in [3.63, 3.8) is 0 Å². The van der Waals surface area contributed by atoms with E-state index < -0.39 is 0 Å². The summed E-state index contributed by atoms with van der Waals surface area (Å²) in [6.45, 7) is 6.36. The summed E-state index contributed by atoms with van der Waals surface area (Å²) in [7, 11) is 0. The molecule has 110 valence electrons. The summed E-state index contributed by atoms with van der Waals surface area (Å²) in [5.74, 6) is 0. The highest BCUT2D eigenvalue weighted by Crippen LogP contribution is 2.21. The molecule has 2 nitrogen and oxygen atoms in total. The van der Waals surface area contributed by atoms with E-state index in [1.54, 1.807) is 0 Å². The summed E-state index contributed by atoms with van der Waals surface area (Å²) in [5.41, 5.74) is 2.72. The number of aryl methyl sites for hydroxylation is 2. The second kappa shape index (κ2) is 6.46. The number of fused-ring (bicyclic) bond motifs is 1. The smallest absolute Gasteiger partial charge is 0.0483 e. The van der Waals surface area contributed by atoms with Crippen LogP contribution in [0.15, 0.2) is 47.8 Å². The number of para-hydroxylation sites is 1. The Morgan fingerprint density at radius 1 is 1.14 bits per heavy atom. The topological polar surface area (TPSA) is 17.0 Å². The Morgan fingerprint density at radius 3 is 2.76 bits per heavy atom. The molecule has 0 aliphatic carbocycles. The van der Waals surface area contributed by atoms with Gasteiger partial charge in [0.15, 0.2) is 0 Å². The first-order valence-electron chi connectivity index (χ1n) is 7.57. The minimum atomic E-state index is 0.508. The molecule has 0 saturated heterocycles. The third kappa shape index (κ3) is 3.36. The average molecular weight is 298 g/mol. The van der Waals surface area contributed by atoms with Crippen LogP contribution < -0.4 is 5.32 Å². The lowest BCUT2D eigenvalue weighted by Gasteiger charge is -2.13. The van der Waals surface area contributed by atoms with Gasteiger partial charge in [-0.05, 0) is 35.4 Å². The van der Waals surface area contributed by atoms with Crippen molar-refractivity contribution >= 4 is 22.2 Å². The van der Waals surface area contributed by atoms with Gasteiger partial charge in [0.05, 0.1) is 0 Å². The summed E-state index contributed by atoms with van der Waals surface area (Å²) >= 11 is 1.85. The number of thiophene rings is 1. The van der Waals surface area contributed by atoms with Gasteiger partial charge in [0, 0.05) is 35.2 Å². The Labute approximate surface area is 130 Å². The summed E-state index contributed by atoms with van der Waals surface area (Å²) in [6.07, 6.45) is 1.10. The molecule has 0 aliphatic heterocycles. The Bertz CT molecular complexity index is 695. The van der Waals surface area contributed by atoms with Crippen LogP contribution in [0.4, 0.5) is 0 Å². The summed E-state index contributed by atoms with van der Waals surface area (Å²) in [6, 6.07) is 15.9. The lowest BCUT2D eigenvalue weighted by atomic mass is 10.2. The van der Waals surface area contributed by atoms with Crippen molar-refractivity contribution in [3.05, 3.63) is 58.4 Å². The first-order chi connectivity index (χ1) is 10.2. The van der Waals surface area contributed by atoms with Crippen molar-refractivity contribution in [2.75, 3.05) is 0 Å². The van der Waals surface area contributed by atoms with Crippen molar-refractivity contribution in [2.24, 2.45) is 0 Å². The second-order valence-corrected chi connectivity index (χ2v) is 6.74. The van der Waals surface area contributed by atoms with Gasteiger partial charge in [0.1, 0.15) is 0 Å². The quantitative estimate of drug-likeness (QED) is 0.711. The fraction of sp³-hybridized carbons (Fsp3) is 0.333. The van der Waals surface area contributed by atoms with E-state index in [0.29, 0.717) is 6.04 Å². The van der Waals surface area contributed by atoms with Crippen molar-refractivity contribution in [1.29, 1.82) is 0 Å². The zero-order valence-corrected chi connectivity index (χ0v) is 13.5. The molecule has 2 heterocycles. The van der Waals surface area contributed by atoms with E-state index in [1.165, 1.54) is 21.5 Å². The van der Waals surface area contributed by atoms with Crippen molar-refractivity contribution in [3.8, 4) is 0 Å². The van der Waals surface area contributed by atoms with Crippen LogP contribution in [0, 0.1) is 0 Å². The van der Waals surface area contributed by atoms with Gasteiger partial charge >= 0.3 is 0 Å². The molecule has 2 aromatic heterocycles. The molecule has 0 amide bonds. The first-order valence-corrected chi connectivity index (χ1v) is 8.45. The number of rotatable bonds is 6. The maximum atomic E-state index is 3.54. The Kier molecular flexibility index (Phi) is 4.42. The predicted molar refractivity (Wildman–Crippen MR) is 91.9 cm³/mol. The maximum absolute atomic E-state index is 3.54. The highest BCUT2D eigenvalue weighted by atomic mass is 32.1. The van der Waals surface area contributed by atoms with Gasteiger partial charge < -0.3 is 9.88 Å². The molecule has 1 N–H and O–H groups in total. The molecule has 3 heteroatoms. The van der Waals surface area contributed by atoms with Crippen molar-refractivity contribution in [1.82, 2.24) is 9.88 Å². The summed E-state index contributed by atoms with van der Waals surface area (Å²) in [5, 5.41) is 7.03. The van der Waals surface area contributed by atoms with Gasteiger partial charge in [0.2, 0.25) is 0 Å². The van der Waals surface area contributed by atoms with Crippen LogP contribution in [-0.2, 0) is 19.5 Å². The predicted octanol–water partition coefficient (Wildman–Crippen LogP) is 4.44. The standard InChI is InChI=1S/C18H22N2S/c1-14(2)19-13-16-12-15-6-3-4-8-18(15)20(16)10-9-17-7-5-11-21-17/h3-8,11-12,14,19H,9-10,13H2,1-2H3. The van der Waals surface area contributed by atoms with Crippen LogP contribution in [0.1, 0.15) is 24.4 Å². The van der Waals surface area contributed by atoms with Crippen LogP contribution in [0.5, 0.6) is 0 Å². The van der Waals surface area contributed by atoms with Gasteiger partial charge in [0.25, 0.3) is 0 Å². The summed E-state index contributed by atoms with van der Waals surface area (Å²) < 4.78 is 2.46. The highest BCUT2D eigenvalue weighted by molar-refractivity contribution is 7.09. The average Bonchev–Trinajstić information content (AvgIpc) is 3.10. The van der Waals surface area contributed by atoms with E-state index in [-0.39, 0.29) is 0 Å². The van der Waals surface area contributed by atoms with Crippen LogP contribution in [0.3, 0.4) is 0 Å². The van der Waals surface area contributed by atoms with Crippen molar-refractivity contribution in [2.45, 2.75) is 39.4 Å². The number of hydrogen-bond donors (Lipinski definition) is 1. The largest absolute Gasteiger partial charge is 0.343 e. The second-order valence-electron chi connectivity index (χ2n) is 5.71. The van der Waals surface area contributed by atoms with E-state index in [1.807, 2.05) is 11.3 Å². The Hall–Kier alpha value is -1.58. The van der Waals surface area contributed by atoms with E-state index in [0.717, 1.165) is 19.5 Å². The normalized spacial score (nSPS) is 11.6. The van der Waals surface area contributed by atoms with Crippen LogP contribution >= 0.6 is 11.3 Å². The fourth-order valence-electron chi connectivity index (χ4n) is 2.66. The monoisotopic (exact) mass is 298 g/mol. The first kappa shape index (κ1) is 14.4. The lowest BCUT2D eigenvalue weighted by Crippen LogP contribution is -2.23. The van der Waals surface area contributed by atoms with E-state index in [2.05, 4.69) is 71.6 Å². The third-order valence-corrected chi connectivity index (χ3v) is 4.69. The van der Waals surface area contributed by atoms with Crippen LogP contribution in [0.25, 0.3) is 10.9 Å². The molecule has 3 rings (SSSR count). The zero-order valence-electron chi connectivity index (χ0n) is 12.7. The molecule has 0 radical (unpaired) electrons. The molecule has 0 aliphatic rings. The maximum Gasteiger partial charge on any atom is 0.0483 e.